The van der Waals surface area contributed by atoms with Gasteiger partial charge in [0, 0.05) is 29.4 Å². The summed E-state index contributed by atoms with van der Waals surface area (Å²) in [4.78, 5) is -0.0140. The lowest BCUT2D eigenvalue weighted by Crippen LogP contribution is -2.08. The van der Waals surface area contributed by atoms with Crippen molar-refractivity contribution >= 4 is 38.9 Å². The Balaban J connectivity index is 1.52. The zero-order chi connectivity index (χ0) is 32.6. The van der Waals surface area contributed by atoms with Crippen LogP contribution in [0.4, 0.5) is 0 Å². The fourth-order valence-electron chi connectivity index (χ4n) is 6.54. The molecule has 0 fully saturated rings. The maximum atomic E-state index is 12.1. The van der Waals surface area contributed by atoms with Crippen LogP contribution >= 0.6 is 23.2 Å². The number of halogens is 2. The summed E-state index contributed by atoms with van der Waals surface area (Å²) in [6, 6.07) is 23.1. The molecule has 4 aromatic carbocycles. The van der Waals surface area contributed by atoms with E-state index in [2.05, 4.69) is 69.3 Å². The second-order valence-electron chi connectivity index (χ2n) is 12.0. The maximum absolute atomic E-state index is 12.1. The summed E-state index contributed by atoms with van der Waals surface area (Å²) in [5, 5.41) is 1.14. The Morgan fingerprint density at radius 2 is 1.22 bits per heavy atom. The summed E-state index contributed by atoms with van der Waals surface area (Å²) in [5.41, 5.74) is 14.1. The summed E-state index contributed by atoms with van der Waals surface area (Å²) < 4.78 is 34.1. The largest absolute Gasteiger partial charge is 0.295 e. The quantitative estimate of drug-likeness (QED) is 0.159. The van der Waals surface area contributed by atoms with Crippen molar-refractivity contribution < 1.29 is 13.0 Å². The predicted octanol–water partition coefficient (Wildman–Crippen LogP) is 10.2. The molecule has 5 rings (SSSR count). The van der Waals surface area contributed by atoms with E-state index in [4.69, 9.17) is 23.2 Å². The molecule has 0 bridgehead atoms. The van der Waals surface area contributed by atoms with Crippen molar-refractivity contribution in [1.82, 2.24) is 0 Å². The van der Waals surface area contributed by atoms with Gasteiger partial charge in [-0.25, -0.2) is 0 Å². The van der Waals surface area contributed by atoms with E-state index in [0.717, 1.165) is 45.4 Å². The van der Waals surface area contributed by atoms with Crippen molar-refractivity contribution in [1.29, 1.82) is 0 Å². The van der Waals surface area contributed by atoms with Crippen LogP contribution in [0.2, 0.25) is 0 Å². The van der Waals surface area contributed by atoms with Gasteiger partial charge in [-0.2, -0.15) is 8.42 Å². The molecule has 6 heteroatoms. The van der Waals surface area contributed by atoms with Crippen LogP contribution in [-0.2, 0) is 23.0 Å². The third kappa shape index (κ3) is 7.00. The molecule has 0 atom stereocenters. The summed E-state index contributed by atoms with van der Waals surface area (Å²) in [5.74, 6) is 0. The van der Waals surface area contributed by atoms with Crippen LogP contribution in [-0.4, -0.2) is 13.0 Å². The molecule has 0 saturated heterocycles. The van der Waals surface area contributed by atoms with Gasteiger partial charge in [-0.1, -0.05) is 48.0 Å². The van der Waals surface area contributed by atoms with Crippen molar-refractivity contribution in [3.05, 3.63) is 168 Å². The van der Waals surface area contributed by atoms with Crippen molar-refractivity contribution in [2.45, 2.75) is 59.3 Å². The number of rotatable bonds is 7. The van der Waals surface area contributed by atoms with Gasteiger partial charge in [0.05, 0.1) is 10.5 Å². The normalized spacial score (nSPS) is 14.5. The molecule has 0 radical (unpaired) electrons. The van der Waals surface area contributed by atoms with E-state index in [9.17, 15) is 13.0 Å². The van der Waals surface area contributed by atoms with Crippen LogP contribution in [0.3, 0.4) is 0 Å². The maximum Gasteiger partial charge on any atom is 0.295 e. The molecule has 0 heterocycles. The minimum absolute atomic E-state index is 0.0140. The summed E-state index contributed by atoms with van der Waals surface area (Å²) >= 11 is 13.5. The number of aryl methyl sites for hydroxylation is 5. The number of hydrogen-bond acceptors (Lipinski definition) is 2. The van der Waals surface area contributed by atoms with Gasteiger partial charge in [-0.3, -0.25) is 4.55 Å². The van der Waals surface area contributed by atoms with Gasteiger partial charge < -0.3 is 0 Å². The lowest BCUT2D eigenvalue weighted by molar-refractivity contribution is 0.481. The van der Waals surface area contributed by atoms with E-state index in [1.165, 1.54) is 27.8 Å². The van der Waals surface area contributed by atoms with Gasteiger partial charge in [0.15, 0.2) is 0 Å². The van der Waals surface area contributed by atoms with Crippen LogP contribution in [0, 0.1) is 46.9 Å². The average molecular weight is 657 g/mol. The SMILES string of the molecule is Cc1cc(C)c(Cc2ccc(C(=C3C(Cl)=CC=C[C+]3Cl)c3ccc(Cc4c(C)cc(C)c(S(=O)(=O)O)c4C)cc3)cc2)c(C)c1. The zero-order valence-corrected chi connectivity index (χ0v) is 28.8. The third-order valence-electron chi connectivity index (χ3n) is 8.62. The average Bonchev–Trinajstić information content (AvgIpc) is 2.95. The van der Waals surface area contributed by atoms with E-state index in [1.54, 1.807) is 13.8 Å². The van der Waals surface area contributed by atoms with Crippen LogP contribution < -0.4 is 0 Å². The predicted molar refractivity (Wildman–Crippen MR) is 188 cm³/mol. The first kappa shape index (κ1) is 32.8. The van der Waals surface area contributed by atoms with Crippen molar-refractivity contribution in [3.8, 4) is 0 Å². The standard InChI is InChI=1S/C39H36Cl2O3S/c1-23-18-24(2)33(25(3)19-23)21-29-10-14-31(15-11-29)37(38-35(40)8-7-9-36(38)41)32-16-12-30(13-17-32)22-34-26(4)20-27(5)39(28(34)6)45(42,43)44/h7-20H,21-22H2,1-6H3/p+1. The Morgan fingerprint density at radius 3 is 1.71 bits per heavy atom. The Bertz CT molecular complexity index is 1960. The van der Waals surface area contributed by atoms with Crippen molar-refractivity contribution in [2.24, 2.45) is 0 Å². The second kappa shape index (κ2) is 13.1. The zero-order valence-electron chi connectivity index (χ0n) is 26.4. The highest BCUT2D eigenvalue weighted by molar-refractivity contribution is 7.86. The lowest BCUT2D eigenvalue weighted by atomic mass is 9.87. The molecule has 0 aromatic heterocycles. The highest BCUT2D eigenvalue weighted by Gasteiger charge is 2.30. The van der Waals surface area contributed by atoms with Crippen LogP contribution in [0.15, 0.2) is 100 Å². The van der Waals surface area contributed by atoms with E-state index in [-0.39, 0.29) is 4.90 Å². The highest BCUT2D eigenvalue weighted by atomic mass is 35.5. The van der Waals surface area contributed by atoms with E-state index in [1.807, 2.05) is 43.4 Å². The fourth-order valence-corrected chi connectivity index (χ4v) is 8.10. The molecule has 0 saturated carbocycles. The highest BCUT2D eigenvalue weighted by Crippen LogP contribution is 2.41. The summed E-state index contributed by atoms with van der Waals surface area (Å²) in [6.07, 6.45) is 6.92. The third-order valence-corrected chi connectivity index (χ3v) is 10.4. The molecule has 0 amide bonds. The topological polar surface area (TPSA) is 54.4 Å². The molecule has 0 spiro atoms. The molecule has 230 valence electrons. The van der Waals surface area contributed by atoms with Gasteiger partial charge in [-0.05, 0) is 152 Å². The van der Waals surface area contributed by atoms with Crippen LogP contribution in [0.5, 0.6) is 0 Å². The van der Waals surface area contributed by atoms with Gasteiger partial charge in [-0.15, -0.1) is 0 Å². The monoisotopic (exact) mass is 655 g/mol. The van der Waals surface area contributed by atoms with Gasteiger partial charge in [0.25, 0.3) is 10.1 Å². The van der Waals surface area contributed by atoms with Crippen LogP contribution in [0.1, 0.15) is 66.8 Å². The molecule has 1 aliphatic rings. The van der Waals surface area contributed by atoms with E-state index >= 15 is 0 Å². The first-order valence-corrected chi connectivity index (χ1v) is 17.1. The van der Waals surface area contributed by atoms with E-state index < -0.39 is 10.1 Å². The first-order chi connectivity index (χ1) is 21.2. The van der Waals surface area contributed by atoms with Gasteiger partial charge >= 0.3 is 0 Å². The number of allylic oxidation sites excluding steroid dienone is 5. The van der Waals surface area contributed by atoms with Gasteiger partial charge in [0.2, 0.25) is 0 Å². The Morgan fingerprint density at radius 1 is 0.733 bits per heavy atom. The molecule has 0 unspecified atom stereocenters. The van der Waals surface area contributed by atoms with Crippen LogP contribution in [0.25, 0.3) is 5.57 Å². The Kier molecular flexibility index (Phi) is 9.53. The minimum Gasteiger partial charge on any atom is -0.282 e. The molecular weight excluding hydrogens is 619 g/mol. The molecule has 1 N–H and O–H groups in total. The molecule has 0 aliphatic heterocycles. The van der Waals surface area contributed by atoms with Gasteiger partial charge in [0.1, 0.15) is 16.0 Å². The number of hydrogen-bond donors (Lipinski definition) is 1. The smallest absolute Gasteiger partial charge is 0.282 e. The Hall–Kier alpha value is -3.54. The Labute approximate surface area is 277 Å². The summed E-state index contributed by atoms with van der Waals surface area (Å²) in [6.45, 7) is 11.9. The number of benzene rings is 4. The molecule has 45 heavy (non-hydrogen) atoms. The molecule has 4 aromatic rings. The van der Waals surface area contributed by atoms with Crippen molar-refractivity contribution in [3.63, 3.8) is 0 Å². The second-order valence-corrected chi connectivity index (χ2v) is 14.2. The fraction of sp³-hybridized carbons (Fsp3) is 0.205. The lowest BCUT2D eigenvalue weighted by Gasteiger charge is -2.17. The molecular formula is C39H37Cl2O3S+. The molecule has 1 aliphatic carbocycles. The first-order valence-electron chi connectivity index (χ1n) is 14.9. The van der Waals surface area contributed by atoms with E-state index in [0.29, 0.717) is 28.0 Å². The minimum atomic E-state index is -4.34. The molecule has 3 nitrogen and oxygen atoms in total. The van der Waals surface area contributed by atoms with Crippen molar-refractivity contribution in [2.75, 3.05) is 0 Å². The summed E-state index contributed by atoms with van der Waals surface area (Å²) in [7, 11) is -4.34.